The van der Waals surface area contributed by atoms with Crippen LogP contribution in [0.15, 0.2) is 18.2 Å². The van der Waals surface area contributed by atoms with Gasteiger partial charge in [-0.2, -0.15) is 0 Å². The lowest BCUT2D eigenvalue weighted by Gasteiger charge is -2.30. The molecule has 26 heavy (non-hydrogen) atoms. The molecule has 7 heteroatoms. The van der Waals surface area contributed by atoms with Gasteiger partial charge in [0.2, 0.25) is 10.0 Å². The zero-order valence-corrected chi connectivity index (χ0v) is 17.1. The molecule has 1 saturated heterocycles. The summed E-state index contributed by atoms with van der Waals surface area (Å²) in [6.45, 7) is 8.00. The summed E-state index contributed by atoms with van der Waals surface area (Å²) in [4.78, 5) is 14.9. The van der Waals surface area contributed by atoms with E-state index in [1.54, 1.807) is 25.1 Å². The van der Waals surface area contributed by atoms with Crippen molar-refractivity contribution in [3.63, 3.8) is 0 Å². The van der Waals surface area contributed by atoms with E-state index < -0.39 is 10.0 Å². The van der Waals surface area contributed by atoms with Crippen LogP contribution in [0.5, 0.6) is 0 Å². The smallest absolute Gasteiger partial charge is 0.251 e. The van der Waals surface area contributed by atoms with E-state index in [9.17, 15) is 13.2 Å². The van der Waals surface area contributed by atoms with Gasteiger partial charge in [0, 0.05) is 19.2 Å². The van der Waals surface area contributed by atoms with Crippen molar-refractivity contribution in [2.24, 2.45) is 5.92 Å². The number of benzene rings is 1. The van der Waals surface area contributed by atoms with Crippen molar-refractivity contribution in [2.75, 3.05) is 43.8 Å². The summed E-state index contributed by atoms with van der Waals surface area (Å²) in [5, 5.41) is 2.96. The number of anilines is 1. The third-order valence-electron chi connectivity index (χ3n) is 5.20. The molecule has 146 valence electrons. The number of piperidine rings is 1. The number of hydrogen-bond acceptors (Lipinski definition) is 4. The van der Waals surface area contributed by atoms with E-state index in [2.05, 4.69) is 17.1 Å². The number of hydrogen-bond donors (Lipinski definition) is 1. The van der Waals surface area contributed by atoms with E-state index in [1.165, 1.54) is 24.2 Å². The molecule has 6 nitrogen and oxygen atoms in total. The largest absolute Gasteiger partial charge is 0.352 e. The fourth-order valence-electron chi connectivity index (χ4n) is 3.27. The maximum absolute atomic E-state index is 12.5. The molecule has 1 N–H and O–H groups in total. The van der Waals surface area contributed by atoms with Gasteiger partial charge in [-0.05, 0) is 69.4 Å². The predicted octanol–water partition coefficient (Wildman–Crippen LogP) is 2.24. The molecular weight excluding hydrogens is 350 g/mol. The molecule has 1 amide bonds. The molecule has 0 saturated carbocycles. The molecule has 1 aromatic carbocycles. The monoisotopic (exact) mass is 381 g/mol. The second-order valence-corrected chi connectivity index (χ2v) is 9.33. The molecule has 2 rings (SSSR count). The maximum Gasteiger partial charge on any atom is 0.251 e. The topological polar surface area (TPSA) is 69.7 Å². The molecule has 0 aromatic heterocycles. The third-order valence-corrected chi connectivity index (χ3v) is 6.39. The molecular formula is C19H31N3O3S. The number of amides is 1. The Bertz CT molecular complexity index is 726. The van der Waals surface area contributed by atoms with Gasteiger partial charge in [0.05, 0.1) is 11.9 Å². The van der Waals surface area contributed by atoms with E-state index in [-0.39, 0.29) is 5.91 Å². The lowest BCUT2D eigenvalue weighted by molar-refractivity contribution is 0.0950. The second-order valence-electron chi connectivity index (χ2n) is 7.31. The maximum atomic E-state index is 12.5. The Morgan fingerprint density at radius 1 is 1.31 bits per heavy atom. The van der Waals surface area contributed by atoms with E-state index in [4.69, 9.17) is 0 Å². The highest BCUT2D eigenvalue weighted by atomic mass is 32.2. The van der Waals surface area contributed by atoms with Crippen LogP contribution in [0.25, 0.3) is 0 Å². The van der Waals surface area contributed by atoms with Crippen LogP contribution >= 0.6 is 0 Å². The van der Waals surface area contributed by atoms with Crippen LogP contribution in [-0.4, -0.2) is 58.7 Å². The quantitative estimate of drug-likeness (QED) is 0.736. The van der Waals surface area contributed by atoms with Crippen LogP contribution in [0, 0.1) is 12.8 Å². The van der Waals surface area contributed by atoms with Crippen LogP contribution in [0.4, 0.5) is 5.69 Å². The molecule has 1 aliphatic rings. The van der Waals surface area contributed by atoms with Gasteiger partial charge < -0.3 is 10.2 Å². The lowest BCUT2D eigenvalue weighted by atomic mass is 9.99. The van der Waals surface area contributed by atoms with Gasteiger partial charge in [0.25, 0.3) is 5.91 Å². The average Bonchev–Trinajstić information content (AvgIpc) is 2.59. The van der Waals surface area contributed by atoms with Crippen LogP contribution in [0.3, 0.4) is 0 Å². The van der Waals surface area contributed by atoms with Crippen molar-refractivity contribution in [2.45, 2.75) is 33.1 Å². The van der Waals surface area contributed by atoms with E-state index in [0.717, 1.165) is 38.2 Å². The highest BCUT2D eigenvalue weighted by molar-refractivity contribution is 7.92. The molecule has 0 aliphatic carbocycles. The minimum Gasteiger partial charge on any atom is -0.352 e. The van der Waals surface area contributed by atoms with Gasteiger partial charge >= 0.3 is 0 Å². The Hall–Kier alpha value is -1.60. The minimum absolute atomic E-state index is 0.154. The van der Waals surface area contributed by atoms with Crippen LogP contribution in [0.1, 0.15) is 42.1 Å². The highest BCUT2D eigenvalue weighted by Gasteiger charge is 2.19. The van der Waals surface area contributed by atoms with Crippen molar-refractivity contribution < 1.29 is 13.2 Å². The third kappa shape index (κ3) is 5.45. The fraction of sp³-hybridized carbons (Fsp3) is 0.632. The molecule has 0 atom stereocenters. The Morgan fingerprint density at radius 2 is 1.96 bits per heavy atom. The molecule has 1 aliphatic heterocycles. The number of nitrogens with one attached hydrogen (secondary N) is 1. The molecule has 0 radical (unpaired) electrons. The molecule has 0 spiro atoms. The first-order valence-corrected chi connectivity index (χ1v) is 11.1. The van der Waals surface area contributed by atoms with Crippen LogP contribution in [-0.2, 0) is 10.0 Å². The summed E-state index contributed by atoms with van der Waals surface area (Å²) in [5.74, 6) is 0.671. The van der Waals surface area contributed by atoms with Crippen LogP contribution in [0.2, 0.25) is 0 Å². The molecule has 1 heterocycles. The summed E-state index contributed by atoms with van der Waals surface area (Å²) in [6, 6.07) is 5.16. The lowest BCUT2D eigenvalue weighted by Crippen LogP contribution is -2.35. The first-order chi connectivity index (χ1) is 12.2. The second kappa shape index (κ2) is 8.86. The normalized spacial score (nSPS) is 16.5. The first-order valence-electron chi connectivity index (χ1n) is 9.24. The zero-order valence-electron chi connectivity index (χ0n) is 16.3. The number of sulfonamides is 1. The summed E-state index contributed by atoms with van der Waals surface area (Å²) < 4.78 is 24.7. The first kappa shape index (κ1) is 20.7. The Morgan fingerprint density at radius 3 is 2.58 bits per heavy atom. The molecule has 1 fully saturated rings. The number of carbonyl (C=O) groups excluding carboxylic acids is 1. The standard InChI is InChI=1S/C19H31N3O3S/c1-15-9-13-22(14-10-15)12-6-11-20-19(23)17-7-5-8-18(16(17)2)21(3)26(4,24)25/h5,7-8,15H,6,9-14H2,1-4H3,(H,20,23). The number of carbonyl (C=O) groups is 1. The van der Waals surface area contributed by atoms with Gasteiger partial charge in [0.1, 0.15) is 0 Å². The molecule has 0 bridgehead atoms. The predicted molar refractivity (Wildman–Crippen MR) is 106 cm³/mol. The number of nitrogens with zero attached hydrogens (tertiary/aromatic N) is 2. The van der Waals surface area contributed by atoms with Crippen LogP contribution < -0.4 is 9.62 Å². The zero-order chi connectivity index (χ0) is 19.3. The van der Waals surface area contributed by atoms with Crippen molar-refractivity contribution >= 4 is 21.6 Å². The van der Waals surface area contributed by atoms with Gasteiger partial charge in [0.15, 0.2) is 0 Å². The Labute approximate surface area is 157 Å². The van der Waals surface area contributed by atoms with Gasteiger partial charge in [-0.15, -0.1) is 0 Å². The summed E-state index contributed by atoms with van der Waals surface area (Å²) in [5.41, 5.74) is 1.72. The molecule has 0 unspecified atom stereocenters. The summed E-state index contributed by atoms with van der Waals surface area (Å²) in [6.07, 6.45) is 4.58. The SMILES string of the molecule is Cc1c(C(=O)NCCCN2CCC(C)CC2)cccc1N(C)S(C)(=O)=O. The van der Waals surface area contributed by atoms with Crippen molar-refractivity contribution in [1.29, 1.82) is 0 Å². The van der Waals surface area contributed by atoms with Gasteiger partial charge in [-0.1, -0.05) is 13.0 Å². The summed E-state index contributed by atoms with van der Waals surface area (Å²) >= 11 is 0. The minimum atomic E-state index is -3.36. The van der Waals surface area contributed by atoms with Crippen molar-refractivity contribution in [1.82, 2.24) is 10.2 Å². The summed E-state index contributed by atoms with van der Waals surface area (Å²) in [7, 11) is -1.86. The van der Waals surface area contributed by atoms with E-state index in [1.807, 2.05) is 0 Å². The van der Waals surface area contributed by atoms with Gasteiger partial charge in [-0.3, -0.25) is 9.10 Å². The van der Waals surface area contributed by atoms with E-state index >= 15 is 0 Å². The van der Waals surface area contributed by atoms with Crippen molar-refractivity contribution in [3.8, 4) is 0 Å². The Balaban J connectivity index is 1.89. The molecule has 1 aromatic rings. The fourth-order valence-corrected chi connectivity index (χ4v) is 3.83. The average molecular weight is 382 g/mol. The number of rotatable bonds is 7. The van der Waals surface area contributed by atoms with E-state index in [0.29, 0.717) is 23.4 Å². The Kier molecular flexibility index (Phi) is 7.06. The van der Waals surface area contributed by atoms with Crippen molar-refractivity contribution in [3.05, 3.63) is 29.3 Å². The number of likely N-dealkylation sites (tertiary alicyclic amines) is 1. The van der Waals surface area contributed by atoms with Gasteiger partial charge in [-0.25, -0.2) is 8.42 Å². The highest BCUT2D eigenvalue weighted by Crippen LogP contribution is 2.24.